The summed E-state index contributed by atoms with van der Waals surface area (Å²) >= 11 is 0. The zero-order valence-corrected chi connectivity index (χ0v) is 9.28. The van der Waals surface area contributed by atoms with E-state index in [9.17, 15) is 0 Å². The number of nitrogens with zero attached hydrogens (tertiary/aromatic N) is 1. The van der Waals surface area contributed by atoms with Crippen molar-refractivity contribution in [3.05, 3.63) is 17.2 Å². The summed E-state index contributed by atoms with van der Waals surface area (Å²) in [4.78, 5) is 8.12. The zero-order chi connectivity index (χ0) is 10.2. The highest BCUT2D eigenvalue weighted by Crippen LogP contribution is 2.46. The molecule has 2 N–H and O–H groups in total. The summed E-state index contributed by atoms with van der Waals surface area (Å²) in [5, 5.41) is 3.26. The van der Waals surface area contributed by atoms with Crippen molar-refractivity contribution in [3.8, 4) is 0 Å². The zero-order valence-electron chi connectivity index (χ0n) is 9.28. The molecule has 1 heterocycles. The number of aromatic amines is 1. The lowest BCUT2D eigenvalue weighted by Crippen LogP contribution is -2.24. The lowest BCUT2D eigenvalue weighted by Gasteiger charge is -2.10. The van der Waals surface area contributed by atoms with Crippen LogP contribution in [-0.4, -0.2) is 23.6 Å². The van der Waals surface area contributed by atoms with E-state index >= 15 is 0 Å². The second-order valence-electron chi connectivity index (χ2n) is 4.32. The molecule has 0 amide bonds. The first-order valence-electron chi connectivity index (χ1n) is 5.42. The topological polar surface area (TPSA) is 40.7 Å². The van der Waals surface area contributed by atoms with Crippen LogP contribution in [0.5, 0.6) is 0 Å². The average Bonchev–Trinajstić information content (AvgIpc) is 2.84. The summed E-state index contributed by atoms with van der Waals surface area (Å²) < 4.78 is 0. The highest BCUT2D eigenvalue weighted by Gasteiger charge is 2.46. The van der Waals surface area contributed by atoms with Gasteiger partial charge in [-0.2, -0.15) is 0 Å². The van der Waals surface area contributed by atoms with E-state index in [1.807, 2.05) is 7.05 Å². The van der Waals surface area contributed by atoms with Crippen LogP contribution in [0.4, 0.5) is 0 Å². The first kappa shape index (κ1) is 9.71. The summed E-state index contributed by atoms with van der Waals surface area (Å²) in [6.45, 7) is 5.32. The number of rotatable bonds is 4. The standard InChI is InChI=1S/C11H19N3/c1-4-9-8(2)13-10(14-9)11(5-6-11)7-12-3/h12H,4-7H2,1-3H3,(H,13,14). The van der Waals surface area contributed by atoms with Crippen LogP contribution in [0.2, 0.25) is 0 Å². The Balaban J connectivity index is 2.24. The molecule has 0 aromatic carbocycles. The number of hydrogen-bond donors (Lipinski definition) is 2. The van der Waals surface area contributed by atoms with Crippen molar-refractivity contribution in [1.29, 1.82) is 0 Å². The summed E-state index contributed by atoms with van der Waals surface area (Å²) in [6, 6.07) is 0. The van der Waals surface area contributed by atoms with Gasteiger partial charge in [-0.1, -0.05) is 6.92 Å². The van der Waals surface area contributed by atoms with Crippen LogP contribution in [0, 0.1) is 6.92 Å². The third-order valence-corrected chi connectivity index (χ3v) is 3.19. The number of aromatic nitrogens is 2. The van der Waals surface area contributed by atoms with Crippen molar-refractivity contribution in [2.45, 2.75) is 38.5 Å². The van der Waals surface area contributed by atoms with Crippen molar-refractivity contribution < 1.29 is 0 Å². The summed E-state index contributed by atoms with van der Waals surface area (Å²) in [7, 11) is 2.01. The molecule has 0 aliphatic heterocycles. The Labute approximate surface area is 85.3 Å². The van der Waals surface area contributed by atoms with E-state index in [1.165, 1.54) is 30.1 Å². The third-order valence-electron chi connectivity index (χ3n) is 3.19. The van der Waals surface area contributed by atoms with Crippen molar-refractivity contribution in [2.24, 2.45) is 0 Å². The second kappa shape index (κ2) is 3.39. The molecule has 0 bridgehead atoms. The van der Waals surface area contributed by atoms with Gasteiger partial charge in [0.05, 0.1) is 5.69 Å². The van der Waals surface area contributed by atoms with Gasteiger partial charge in [-0.3, -0.25) is 0 Å². The summed E-state index contributed by atoms with van der Waals surface area (Å²) in [5.41, 5.74) is 2.79. The maximum Gasteiger partial charge on any atom is 0.114 e. The molecular formula is C11H19N3. The molecule has 0 radical (unpaired) electrons. The Bertz CT molecular complexity index is 323. The van der Waals surface area contributed by atoms with E-state index < -0.39 is 0 Å². The minimum atomic E-state index is 0.326. The molecule has 1 fully saturated rings. The molecule has 0 unspecified atom stereocenters. The fraction of sp³-hybridized carbons (Fsp3) is 0.727. The van der Waals surface area contributed by atoms with Crippen LogP contribution >= 0.6 is 0 Å². The second-order valence-corrected chi connectivity index (χ2v) is 4.32. The van der Waals surface area contributed by atoms with Gasteiger partial charge in [0, 0.05) is 17.7 Å². The molecule has 14 heavy (non-hydrogen) atoms. The molecule has 0 spiro atoms. The first-order chi connectivity index (χ1) is 6.72. The molecule has 1 aliphatic rings. The minimum Gasteiger partial charge on any atom is -0.345 e. The Morgan fingerprint density at radius 2 is 2.21 bits per heavy atom. The number of imidazole rings is 1. The monoisotopic (exact) mass is 193 g/mol. The molecule has 1 aliphatic carbocycles. The fourth-order valence-corrected chi connectivity index (χ4v) is 2.08. The number of hydrogen-bond acceptors (Lipinski definition) is 2. The Hall–Kier alpha value is -0.830. The van der Waals surface area contributed by atoms with Gasteiger partial charge in [-0.25, -0.2) is 4.98 Å². The Morgan fingerprint density at radius 1 is 1.50 bits per heavy atom. The lowest BCUT2D eigenvalue weighted by atomic mass is 10.1. The molecule has 3 nitrogen and oxygen atoms in total. The van der Waals surface area contributed by atoms with Gasteiger partial charge in [0.2, 0.25) is 0 Å². The van der Waals surface area contributed by atoms with E-state index in [2.05, 4.69) is 29.1 Å². The van der Waals surface area contributed by atoms with Crippen molar-refractivity contribution in [3.63, 3.8) is 0 Å². The number of H-pyrrole nitrogens is 1. The molecule has 1 aromatic heterocycles. The predicted octanol–water partition coefficient (Wildman–Crippen LogP) is 1.53. The number of likely N-dealkylation sites (N-methyl/N-ethyl adjacent to an activating group) is 1. The summed E-state index contributed by atoms with van der Waals surface area (Å²) in [6.07, 6.45) is 3.56. The van der Waals surface area contributed by atoms with Crippen LogP contribution in [0.15, 0.2) is 0 Å². The van der Waals surface area contributed by atoms with Gasteiger partial charge in [-0.05, 0) is 33.2 Å². The fourth-order valence-electron chi connectivity index (χ4n) is 2.08. The maximum atomic E-state index is 4.69. The van der Waals surface area contributed by atoms with E-state index in [4.69, 9.17) is 0 Å². The van der Waals surface area contributed by atoms with Crippen LogP contribution < -0.4 is 5.32 Å². The maximum absolute atomic E-state index is 4.69. The highest BCUT2D eigenvalue weighted by molar-refractivity contribution is 5.24. The first-order valence-corrected chi connectivity index (χ1v) is 5.42. The van der Waals surface area contributed by atoms with Gasteiger partial charge >= 0.3 is 0 Å². The molecule has 1 aromatic rings. The lowest BCUT2D eigenvalue weighted by molar-refractivity contribution is 0.592. The quantitative estimate of drug-likeness (QED) is 0.761. The van der Waals surface area contributed by atoms with Gasteiger partial charge in [0.25, 0.3) is 0 Å². The molecule has 78 valence electrons. The van der Waals surface area contributed by atoms with Crippen molar-refractivity contribution in [2.75, 3.05) is 13.6 Å². The molecule has 0 atom stereocenters. The van der Waals surface area contributed by atoms with E-state index in [0.717, 1.165) is 13.0 Å². The Morgan fingerprint density at radius 3 is 2.64 bits per heavy atom. The molecule has 1 saturated carbocycles. The third kappa shape index (κ3) is 1.46. The van der Waals surface area contributed by atoms with Crippen LogP contribution in [0.25, 0.3) is 0 Å². The molecular weight excluding hydrogens is 174 g/mol. The SMILES string of the molecule is CCc1nc(C2(CNC)CC2)[nH]c1C. The van der Waals surface area contributed by atoms with Crippen LogP contribution in [0.3, 0.4) is 0 Å². The summed E-state index contributed by atoms with van der Waals surface area (Å²) in [5.74, 6) is 1.20. The normalized spacial score (nSPS) is 18.5. The van der Waals surface area contributed by atoms with Crippen molar-refractivity contribution >= 4 is 0 Å². The van der Waals surface area contributed by atoms with Crippen LogP contribution in [-0.2, 0) is 11.8 Å². The van der Waals surface area contributed by atoms with Gasteiger partial charge in [0.1, 0.15) is 5.82 Å². The van der Waals surface area contributed by atoms with Crippen LogP contribution in [0.1, 0.15) is 37.0 Å². The predicted molar refractivity (Wildman–Crippen MR) is 57.5 cm³/mol. The molecule has 2 rings (SSSR count). The number of nitrogens with one attached hydrogen (secondary N) is 2. The highest BCUT2D eigenvalue weighted by atomic mass is 15.0. The van der Waals surface area contributed by atoms with Gasteiger partial charge < -0.3 is 10.3 Å². The van der Waals surface area contributed by atoms with E-state index in [-0.39, 0.29) is 0 Å². The van der Waals surface area contributed by atoms with Gasteiger partial charge in [0.15, 0.2) is 0 Å². The number of aryl methyl sites for hydroxylation is 2. The Kier molecular flexibility index (Phi) is 2.35. The van der Waals surface area contributed by atoms with Gasteiger partial charge in [-0.15, -0.1) is 0 Å². The smallest absolute Gasteiger partial charge is 0.114 e. The average molecular weight is 193 g/mol. The van der Waals surface area contributed by atoms with E-state index in [0.29, 0.717) is 5.41 Å². The minimum absolute atomic E-state index is 0.326. The molecule has 0 saturated heterocycles. The molecule has 3 heteroatoms. The van der Waals surface area contributed by atoms with E-state index in [1.54, 1.807) is 0 Å². The largest absolute Gasteiger partial charge is 0.345 e. The van der Waals surface area contributed by atoms with Crippen molar-refractivity contribution in [1.82, 2.24) is 15.3 Å².